The van der Waals surface area contributed by atoms with Crippen molar-refractivity contribution in [2.75, 3.05) is 0 Å². The van der Waals surface area contributed by atoms with Gasteiger partial charge in [0.05, 0.1) is 44.6 Å². The van der Waals surface area contributed by atoms with E-state index in [0.717, 1.165) is 50.9 Å². The van der Waals surface area contributed by atoms with Crippen LogP contribution in [0.1, 0.15) is 22.3 Å². The Balaban J connectivity index is 1.66. The van der Waals surface area contributed by atoms with E-state index in [9.17, 15) is 13.2 Å². The molecule has 0 unspecified atom stereocenters. The third kappa shape index (κ3) is 4.58. The van der Waals surface area contributed by atoms with E-state index in [2.05, 4.69) is 0 Å². The molecule has 8 aromatic rings. The van der Waals surface area contributed by atoms with Crippen molar-refractivity contribution < 1.29 is 26.3 Å². The zero-order valence-electron chi connectivity index (χ0n) is 25.7. The van der Waals surface area contributed by atoms with Gasteiger partial charge >= 0.3 is 12.4 Å². The molecule has 238 valence electrons. The molecule has 2 nitrogen and oxygen atoms in total. The van der Waals surface area contributed by atoms with Crippen LogP contribution in [0.25, 0.3) is 66.1 Å². The van der Waals surface area contributed by atoms with Crippen molar-refractivity contribution >= 4 is 43.6 Å². The fourth-order valence-corrected chi connectivity index (χ4v) is 7.03. The second kappa shape index (κ2) is 10.5. The van der Waals surface area contributed by atoms with Crippen molar-refractivity contribution in [1.29, 1.82) is 0 Å². The van der Waals surface area contributed by atoms with Gasteiger partial charge in [-0.1, -0.05) is 78.9 Å². The molecule has 0 radical (unpaired) electrons. The molecular weight excluding hydrogens is 622 g/mol. The summed E-state index contributed by atoms with van der Waals surface area (Å²) >= 11 is 0. The minimum absolute atomic E-state index is 0.00749. The predicted octanol–water partition coefficient (Wildman–Crippen LogP) is 12.2. The number of hydrogen-bond donors (Lipinski definition) is 0. The number of alkyl halides is 6. The van der Waals surface area contributed by atoms with Gasteiger partial charge in [0.25, 0.3) is 0 Å². The fraction of sp³-hybridized carbons (Fsp3) is 0.100. The van der Waals surface area contributed by atoms with Crippen molar-refractivity contribution in [2.24, 2.45) is 0 Å². The topological polar surface area (TPSA) is 9.86 Å². The number of benzene rings is 6. The lowest BCUT2D eigenvalue weighted by Gasteiger charge is -2.24. The quantitative estimate of drug-likeness (QED) is 0.169. The molecule has 0 aliphatic rings. The molecule has 48 heavy (non-hydrogen) atoms. The van der Waals surface area contributed by atoms with Crippen LogP contribution in [-0.2, 0) is 12.4 Å². The highest BCUT2D eigenvalue weighted by Crippen LogP contribution is 2.48. The summed E-state index contributed by atoms with van der Waals surface area (Å²) < 4.78 is 93.0. The summed E-state index contributed by atoms with van der Waals surface area (Å²) in [7, 11) is 0. The number of para-hydroxylation sites is 2. The Bertz CT molecular complexity index is 2420. The van der Waals surface area contributed by atoms with Gasteiger partial charge in [0.1, 0.15) is 0 Å². The molecule has 0 saturated heterocycles. The summed E-state index contributed by atoms with van der Waals surface area (Å²) in [5.74, 6) is 0. The third-order valence-electron chi connectivity index (χ3n) is 9.07. The van der Waals surface area contributed by atoms with Crippen LogP contribution < -0.4 is 0 Å². The summed E-state index contributed by atoms with van der Waals surface area (Å²) in [5, 5.41) is 3.10. The third-order valence-corrected chi connectivity index (χ3v) is 9.07. The second-order valence-electron chi connectivity index (χ2n) is 12.2. The van der Waals surface area contributed by atoms with Crippen molar-refractivity contribution in [3.05, 3.63) is 144 Å². The summed E-state index contributed by atoms with van der Waals surface area (Å²) in [4.78, 5) is 0. The average Bonchev–Trinajstić information content (AvgIpc) is 3.55. The van der Waals surface area contributed by atoms with E-state index in [1.54, 1.807) is 33.4 Å². The van der Waals surface area contributed by atoms with E-state index >= 15 is 13.2 Å². The van der Waals surface area contributed by atoms with Crippen LogP contribution >= 0.6 is 0 Å². The molecule has 0 spiro atoms. The van der Waals surface area contributed by atoms with E-state index in [4.69, 9.17) is 0 Å². The number of halogens is 6. The Morgan fingerprint density at radius 3 is 1.35 bits per heavy atom. The standard InChI is InChI=1S/C40H26F6N2/c1-23-15-17-28-26-9-4-7-13-32(26)47(34(28)19-23)36-21-25(39(41,42)43)22-37(38(36)30-11-3-6-12-31(30)40(44,45)46)48-33-14-8-5-10-27(33)29-18-16-24(2)20-35(29)48/h3-22H,1-2H3. The highest BCUT2D eigenvalue weighted by Gasteiger charge is 2.38. The second-order valence-corrected chi connectivity index (χ2v) is 12.2. The van der Waals surface area contributed by atoms with Gasteiger partial charge in [-0.3, -0.25) is 0 Å². The Morgan fingerprint density at radius 1 is 0.438 bits per heavy atom. The smallest absolute Gasteiger partial charge is 0.309 e. The van der Waals surface area contributed by atoms with Gasteiger partial charge in [-0.15, -0.1) is 0 Å². The zero-order valence-corrected chi connectivity index (χ0v) is 25.7. The molecule has 2 aromatic heterocycles. The van der Waals surface area contributed by atoms with Gasteiger partial charge in [0, 0.05) is 27.1 Å². The van der Waals surface area contributed by atoms with Crippen LogP contribution in [0.5, 0.6) is 0 Å². The molecule has 0 bridgehead atoms. The van der Waals surface area contributed by atoms with Crippen LogP contribution in [0.3, 0.4) is 0 Å². The minimum atomic E-state index is -4.81. The number of rotatable bonds is 3. The SMILES string of the molecule is Cc1ccc2c3ccccc3n(-c3cc(C(F)(F)F)cc(-n4c5ccccc5c5ccc(C)cc54)c3-c3ccccc3C(F)(F)F)c2c1. The van der Waals surface area contributed by atoms with Crippen LogP contribution in [0, 0.1) is 13.8 Å². The zero-order chi connectivity index (χ0) is 33.5. The average molecular weight is 649 g/mol. The van der Waals surface area contributed by atoms with Gasteiger partial charge in [-0.25, -0.2) is 0 Å². The number of aromatic nitrogens is 2. The van der Waals surface area contributed by atoms with Gasteiger partial charge in [0.2, 0.25) is 0 Å². The van der Waals surface area contributed by atoms with Crippen molar-refractivity contribution in [1.82, 2.24) is 9.13 Å². The Morgan fingerprint density at radius 2 is 0.875 bits per heavy atom. The number of nitrogens with zero attached hydrogens (tertiary/aromatic N) is 2. The van der Waals surface area contributed by atoms with E-state index in [-0.39, 0.29) is 22.5 Å². The van der Waals surface area contributed by atoms with Crippen molar-refractivity contribution in [3.8, 4) is 22.5 Å². The monoisotopic (exact) mass is 648 g/mol. The van der Waals surface area contributed by atoms with E-state index in [1.807, 2.05) is 74.5 Å². The molecule has 2 heterocycles. The lowest BCUT2D eigenvalue weighted by atomic mass is 9.93. The molecule has 0 atom stereocenters. The van der Waals surface area contributed by atoms with E-state index < -0.39 is 23.5 Å². The van der Waals surface area contributed by atoms with Gasteiger partial charge in [0.15, 0.2) is 0 Å². The summed E-state index contributed by atoms with van der Waals surface area (Å²) in [5.41, 5.74) is 1.92. The van der Waals surface area contributed by atoms with Crippen molar-refractivity contribution in [3.63, 3.8) is 0 Å². The molecule has 0 N–H and O–H groups in total. The first-order valence-electron chi connectivity index (χ1n) is 15.3. The first kappa shape index (κ1) is 29.9. The summed E-state index contributed by atoms with van der Waals surface area (Å²) in [6, 6.07) is 33.0. The highest BCUT2D eigenvalue weighted by atomic mass is 19.4. The minimum Gasteiger partial charge on any atom is -0.309 e. The van der Waals surface area contributed by atoms with Gasteiger partial charge in [-0.2, -0.15) is 26.3 Å². The largest absolute Gasteiger partial charge is 0.417 e. The first-order valence-corrected chi connectivity index (χ1v) is 15.3. The Hall–Kier alpha value is -5.50. The molecule has 0 aliphatic heterocycles. The maximum Gasteiger partial charge on any atom is 0.417 e. The lowest BCUT2D eigenvalue weighted by molar-refractivity contribution is -0.138. The maximum absolute atomic E-state index is 15.0. The highest BCUT2D eigenvalue weighted by molar-refractivity contribution is 6.12. The van der Waals surface area contributed by atoms with Gasteiger partial charge in [-0.05, 0) is 73.0 Å². The van der Waals surface area contributed by atoms with Crippen LogP contribution in [-0.4, -0.2) is 9.13 Å². The molecule has 0 aliphatic carbocycles. The lowest BCUT2D eigenvalue weighted by Crippen LogP contribution is -2.13. The predicted molar refractivity (Wildman–Crippen MR) is 180 cm³/mol. The molecule has 8 heteroatoms. The Labute approximate surface area is 271 Å². The van der Waals surface area contributed by atoms with Crippen LogP contribution in [0.4, 0.5) is 26.3 Å². The molecule has 0 saturated carbocycles. The first-order chi connectivity index (χ1) is 22.9. The van der Waals surface area contributed by atoms with E-state index in [1.165, 1.54) is 18.2 Å². The number of aryl methyl sites for hydroxylation is 2. The maximum atomic E-state index is 15.0. The van der Waals surface area contributed by atoms with Crippen LogP contribution in [0.15, 0.2) is 121 Å². The van der Waals surface area contributed by atoms with Crippen molar-refractivity contribution in [2.45, 2.75) is 26.2 Å². The summed E-state index contributed by atoms with van der Waals surface area (Å²) in [6.45, 7) is 3.75. The van der Waals surface area contributed by atoms with E-state index in [0.29, 0.717) is 22.1 Å². The number of hydrogen-bond acceptors (Lipinski definition) is 0. The molecule has 8 rings (SSSR count). The normalized spacial score (nSPS) is 12.6. The van der Waals surface area contributed by atoms with Crippen LogP contribution in [0.2, 0.25) is 0 Å². The molecule has 6 aromatic carbocycles. The Kier molecular flexibility index (Phi) is 6.54. The van der Waals surface area contributed by atoms with Gasteiger partial charge < -0.3 is 9.13 Å². The number of fused-ring (bicyclic) bond motifs is 6. The molecule has 0 fully saturated rings. The fourth-order valence-electron chi connectivity index (χ4n) is 7.03. The molecular formula is C40H26F6N2. The summed E-state index contributed by atoms with van der Waals surface area (Å²) in [6.07, 6.45) is -9.60. The molecule has 0 amide bonds.